The van der Waals surface area contributed by atoms with Crippen LogP contribution in [0.1, 0.15) is 128 Å². The van der Waals surface area contributed by atoms with Crippen molar-refractivity contribution in [2.75, 3.05) is 20.2 Å². The summed E-state index contributed by atoms with van der Waals surface area (Å²) in [5.74, 6) is -2.14. The Morgan fingerprint density at radius 1 is 1.02 bits per heavy atom. The SMILES string of the molecule is CCOC(=O)C(C)CC(Cc1ccccc1)NC(=O)c1csc(C(O)CC(C(C)C)N(C)C(=O)C(NC(=O)C2CCCCN2C(=O)OC(C)(C)C)C(C)CC)n1. The Hall–Kier alpha value is -4.04. The van der Waals surface area contributed by atoms with Gasteiger partial charge >= 0.3 is 12.1 Å². The fourth-order valence-electron chi connectivity index (χ4n) is 6.97. The molecule has 312 valence electrons. The molecule has 56 heavy (non-hydrogen) atoms. The highest BCUT2D eigenvalue weighted by atomic mass is 32.1. The lowest BCUT2D eigenvalue weighted by Gasteiger charge is -2.39. The van der Waals surface area contributed by atoms with Gasteiger partial charge in [0.1, 0.15) is 34.5 Å². The Morgan fingerprint density at radius 3 is 2.30 bits per heavy atom. The molecule has 0 bridgehead atoms. The van der Waals surface area contributed by atoms with Crippen molar-refractivity contribution in [2.24, 2.45) is 17.8 Å². The summed E-state index contributed by atoms with van der Waals surface area (Å²) in [6.45, 7) is 17.3. The Balaban J connectivity index is 1.73. The van der Waals surface area contributed by atoms with Crippen LogP contribution in [0.3, 0.4) is 0 Å². The lowest BCUT2D eigenvalue weighted by Crippen LogP contribution is -2.59. The first kappa shape index (κ1) is 46.3. The summed E-state index contributed by atoms with van der Waals surface area (Å²) in [6.07, 6.45) is 2.03. The third-order valence-electron chi connectivity index (χ3n) is 10.3. The Kier molecular flexibility index (Phi) is 17.8. The van der Waals surface area contributed by atoms with Crippen LogP contribution in [-0.2, 0) is 30.3 Å². The molecule has 2 heterocycles. The second-order valence-electron chi connectivity index (χ2n) is 16.4. The molecule has 1 aliphatic rings. The molecule has 7 atom stereocenters. The van der Waals surface area contributed by atoms with Gasteiger partial charge in [-0.05, 0) is 77.2 Å². The van der Waals surface area contributed by atoms with Gasteiger partial charge in [-0.2, -0.15) is 0 Å². The minimum Gasteiger partial charge on any atom is -0.466 e. The summed E-state index contributed by atoms with van der Waals surface area (Å²) in [5, 5.41) is 19.4. The van der Waals surface area contributed by atoms with Crippen LogP contribution in [0.5, 0.6) is 0 Å². The lowest BCUT2D eigenvalue weighted by molar-refractivity contribution is -0.147. The molecule has 0 spiro atoms. The van der Waals surface area contributed by atoms with Crippen molar-refractivity contribution < 1.29 is 38.6 Å². The quantitative estimate of drug-likeness (QED) is 0.147. The standard InChI is InChI=1S/C42H65N5O8S/c1-11-27(5)35(45-37(50)32-20-16-17-21-47(32)41(53)55-42(7,8)9)39(51)46(10)33(26(3)4)24-34(48)38-44-31(25-56-38)36(49)43-30(22-28(6)40(52)54-12-2)23-29-18-14-13-15-19-29/h13-15,18-19,25-28,30,32-35,48H,11-12,16-17,20-24H2,1-10H3,(H,43,49)(H,45,50). The average molecular weight is 800 g/mol. The van der Waals surface area contributed by atoms with E-state index in [9.17, 15) is 29.1 Å². The molecule has 0 saturated carbocycles. The van der Waals surface area contributed by atoms with E-state index in [-0.39, 0.29) is 48.5 Å². The molecule has 3 rings (SSSR count). The molecule has 4 amide bonds. The maximum absolute atomic E-state index is 14.2. The summed E-state index contributed by atoms with van der Waals surface area (Å²) in [4.78, 5) is 74.6. The van der Waals surface area contributed by atoms with Crippen LogP contribution in [0.25, 0.3) is 0 Å². The summed E-state index contributed by atoms with van der Waals surface area (Å²) in [7, 11) is 1.68. The van der Waals surface area contributed by atoms with Gasteiger partial charge in [-0.1, -0.05) is 71.4 Å². The van der Waals surface area contributed by atoms with Crippen LogP contribution in [0.2, 0.25) is 0 Å². The molecule has 13 nitrogen and oxygen atoms in total. The van der Waals surface area contributed by atoms with Crippen LogP contribution in [-0.4, -0.2) is 99.6 Å². The van der Waals surface area contributed by atoms with E-state index in [1.807, 2.05) is 58.0 Å². The highest BCUT2D eigenvalue weighted by Gasteiger charge is 2.39. The van der Waals surface area contributed by atoms with E-state index in [0.29, 0.717) is 37.2 Å². The van der Waals surface area contributed by atoms with E-state index in [4.69, 9.17) is 9.47 Å². The first-order valence-corrected chi connectivity index (χ1v) is 21.0. The second kappa shape index (κ2) is 21.5. The molecule has 2 aromatic rings. The van der Waals surface area contributed by atoms with Gasteiger partial charge in [0.15, 0.2) is 0 Å². The molecule has 3 N–H and O–H groups in total. The van der Waals surface area contributed by atoms with E-state index in [2.05, 4.69) is 15.6 Å². The van der Waals surface area contributed by atoms with E-state index in [1.54, 1.807) is 51.9 Å². The highest BCUT2D eigenvalue weighted by molar-refractivity contribution is 7.09. The minimum absolute atomic E-state index is 0.0734. The molecule has 1 aliphatic heterocycles. The molecule has 14 heteroatoms. The lowest BCUT2D eigenvalue weighted by atomic mass is 9.92. The molecule has 1 saturated heterocycles. The fourth-order valence-corrected chi connectivity index (χ4v) is 7.77. The van der Waals surface area contributed by atoms with Gasteiger partial charge in [-0.3, -0.25) is 24.1 Å². The topological polar surface area (TPSA) is 167 Å². The third kappa shape index (κ3) is 13.6. The van der Waals surface area contributed by atoms with Gasteiger partial charge < -0.3 is 30.1 Å². The number of aromatic nitrogens is 1. The number of amides is 4. The van der Waals surface area contributed by atoms with E-state index in [0.717, 1.165) is 29.7 Å². The van der Waals surface area contributed by atoms with Crippen molar-refractivity contribution in [3.63, 3.8) is 0 Å². The summed E-state index contributed by atoms with van der Waals surface area (Å²) in [5.41, 5.74) is 0.445. The number of benzene rings is 1. The average Bonchev–Trinajstić information content (AvgIpc) is 3.65. The molecule has 7 unspecified atom stereocenters. The van der Waals surface area contributed by atoms with Crippen LogP contribution >= 0.6 is 11.3 Å². The predicted octanol–water partition coefficient (Wildman–Crippen LogP) is 6.30. The Morgan fingerprint density at radius 2 is 1.70 bits per heavy atom. The minimum atomic E-state index is -1.07. The third-order valence-corrected chi connectivity index (χ3v) is 11.3. The smallest absolute Gasteiger partial charge is 0.410 e. The van der Waals surface area contributed by atoms with Crippen molar-refractivity contribution >= 4 is 41.1 Å². The molecular formula is C42H65N5O8S. The Labute approximate surface area is 337 Å². The number of hydrogen-bond acceptors (Lipinski definition) is 10. The van der Waals surface area contributed by atoms with Gasteiger partial charge in [0.2, 0.25) is 11.8 Å². The molecule has 1 fully saturated rings. The largest absolute Gasteiger partial charge is 0.466 e. The van der Waals surface area contributed by atoms with Crippen molar-refractivity contribution in [2.45, 2.75) is 143 Å². The number of esters is 1. The zero-order valence-electron chi connectivity index (χ0n) is 35.0. The number of nitrogens with zero attached hydrogens (tertiary/aromatic N) is 3. The van der Waals surface area contributed by atoms with Gasteiger partial charge in [0.05, 0.1) is 12.5 Å². The number of carbonyl (C=O) groups excluding carboxylic acids is 5. The number of carbonyl (C=O) groups is 5. The van der Waals surface area contributed by atoms with Crippen LogP contribution in [0.4, 0.5) is 4.79 Å². The van der Waals surface area contributed by atoms with Crippen LogP contribution < -0.4 is 10.6 Å². The molecule has 1 aromatic carbocycles. The predicted molar refractivity (Wildman–Crippen MR) is 217 cm³/mol. The number of hydrogen-bond donors (Lipinski definition) is 3. The number of rotatable bonds is 18. The summed E-state index contributed by atoms with van der Waals surface area (Å²) in [6, 6.07) is 7.28. The number of aliphatic hydroxyl groups is 1. The Bertz CT molecular complexity index is 1590. The monoisotopic (exact) mass is 799 g/mol. The van der Waals surface area contributed by atoms with Gasteiger partial charge in [0.25, 0.3) is 5.91 Å². The first-order valence-electron chi connectivity index (χ1n) is 20.1. The van der Waals surface area contributed by atoms with Gasteiger partial charge in [-0.15, -0.1) is 11.3 Å². The number of aliphatic hydroxyl groups excluding tert-OH is 1. The zero-order valence-corrected chi connectivity index (χ0v) is 35.8. The number of nitrogens with one attached hydrogen (secondary N) is 2. The highest BCUT2D eigenvalue weighted by Crippen LogP contribution is 2.29. The zero-order chi connectivity index (χ0) is 41.7. The number of piperidine rings is 1. The van der Waals surface area contributed by atoms with Crippen molar-refractivity contribution in [1.82, 2.24) is 25.4 Å². The second-order valence-corrected chi connectivity index (χ2v) is 17.3. The molecule has 0 aliphatic carbocycles. The normalized spacial score (nSPS) is 17.9. The van der Waals surface area contributed by atoms with Crippen molar-refractivity contribution in [3.8, 4) is 0 Å². The number of ether oxygens (including phenoxy) is 2. The molecule has 0 radical (unpaired) electrons. The number of likely N-dealkylation sites (tertiary alicyclic amines) is 1. The van der Waals surface area contributed by atoms with E-state index in [1.165, 1.54) is 4.90 Å². The summed E-state index contributed by atoms with van der Waals surface area (Å²) >= 11 is 1.16. The molecular weight excluding hydrogens is 735 g/mol. The van der Waals surface area contributed by atoms with Crippen LogP contribution in [0.15, 0.2) is 35.7 Å². The van der Waals surface area contributed by atoms with E-state index >= 15 is 0 Å². The number of thiazole rings is 1. The van der Waals surface area contributed by atoms with Gasteiger partial charge in [0, 0.05) is 37.5 Å². The maximum Gasteiger partial charge on any atom is 0.410 e. The fraction of sp³-hybridized carbons (Fsp3) is 0.667. The molecule has 1 aromatic heterocycles. The van der Waals surface area contributed by atoms with Crippen molar-refractivity contribution in [1.29, 1.82) is 0 Å². The first-order chi connectivity index (χ1) is 26.4. The maximum atomic E-state index is 14.2. The van der Waals surface area contributed by atoms with Crippen molar-refractivity contribution in [3.05, 3.63) is 52.0 Å². The van der Waals surface area contributed by atoms with E-state index < -0.39 is 53.7 Å². The number of likely N-dealkylation sites (N-methyl/N-ethyl adjacent to an activating group) is 1. The van der Waals surface area contributed by atoms with Gasteiger partial charge in [-0.25, -0.2) is 9.78 Å². The summed E-state index contributed by atoms with van der Waals surface area (Å²) < 4.78 is 10.8. The van der Waals surface area contributed by atoms with Crippen LogP contribution in [0, 0.1) is 17.8 Å².